The summed E-state index contributed by atoms with van der Waals surface area (Å²) in [5.41, 5.74) is 7.92. The van der Waals surface area contributed by atoms with Crippen molar-refractivity contribution in [2.75, 3.05) is 31.1 Å². The van der Waals surface area contributed by atoms with Crippen molar-refractivity contribution in [2.45, 2.75) is 52.2 Å². The lowest BCUT2D eigenvalue weighted by molar-refractivity contribution is 0.0939. The number of nitrogens with one attached hydrogen (secondary N) is 1. The van der Waals surface area contributed by atoms with Crippen LogP contribution in [0.15, 0.2) is 61.1 Å². The molecule has 1 amide bonds. The molecule has 0 unspecified atom stereocenters. The number of carbonyl (C=O) groups excluding carboxylic acids is 1. The summed E-state index contributed by atoms with van der Waals surface area (Å²) >= 11 is 0. The third-order valence-corrected chi connectivity index (χ3v) is 8.52. The molecule has 40 heavy (non-hydrogen) atoms. The first kappa shape index (κ1) is 26.3. The van der Waals surface area contributed by atoms with E-state index in [2.05, 4.69) is 63.5 Å². The number of amides is 1. The fraction of sp³-hybridized carbons (Fsp3) is 0.406. The van der Waals surface area contributed by atoms with Gasteiger partial charge in [0, 0.05) is 74.0 Å². The summed E-state index contributed by atoms with van der Waals surface area (Å²) in [6.45, 7) is 11.3. The van der Waals surface area contributed by atoms with Crippen LogP contribution in [0.5, 0.6) is 0 Å². The third-order valence-electron chi connectivity index (χ3n) is 8.52. The topological polar surface area (TPSA) is 71.2 Å². The van der Waals surface area contributed by atoms with E-state index in [1.807, 2.05) is 50.2 Å². The van der Waals surface area contributed by atoms with Crippen LogP contribution in [0.2, 0.25) is 0 Å². The monoisotopic (exact) mass is 537 g/mol. The predicted octanol–water partition coefficient (Wildman–Crippen LogP) is 5.05. The molecule has 4 heterocycles. The van der Waals surface area contributed by atoms with Gasteiger partial charge in [0.1, 0.15) is 0 Å². The number of aryl methyl sites for hydroxylation is 3. The average Bonchev–Trinajstić information content (AvgIpc) is 3.73. The predicted molar refractivity (Wildman–Crippen MR) is 159 cm³/mol. The van der Waals surface area contributed by atoms with E-state index >= 15 is 0 Å². The van der Waals surface area contributed by atoms with E-state index in [0.717, 1.165) is 70.9 Å². The molecule has 2 saturated heterocycles. The molecule has 2 aromatic heterocycles. The van der Waals surface area contributed by atoms with Crippen LogP contribution < -0.4 is 10.2 Å². The summed E-state index contributed by atoms with van der Waals surface area (Å²) in [5.74, 6) is -0.0463. The zero-order valence-electron chi connectivity index (χ0n) is 24.0. The van der Waals surface area contributed by atoms with Gasteiger partial charge in [-0.15, -0.1) is 0 Å². The molecule has 8 nitrogen and oxygen atoms in total. The molecule has 0 spiro atoms. The molecule has 2 aliphatic heterocycles. The van der Waals surface area contributed by atoms with Gasteiger partial charge >= 0.3 is 0 Å². The smallest absolute Gasteiger partial charge is 0.252 e. The molecule has 1 N–H and O–H groups in total. The molecule has 2 atom stereocenters. The van der Waals surface area contributed by atoms with Crippen LogP contribution >= 0.6 is 0 Å². The van der Waals surface area contributed by atoms with Crippen molar-refractivity contribution >= 4 is 11.6 Å². The third kappa shape index (κ3) is 5.28. The normalized spacial score (nSPS) is 18.1. The summed E-state index contributed by atoms with van der Waals surface area (Å²) in [5, 5.41) is 12.4. The highest BCUT2D eigenvalue weighted by Gasteiger charge is 2.31. The van der Waals surface area contributed by atoms with Crippen molar-refractivity contribution < 1.29 is 4.79 Å². The molecule has 2 fully saturated rings. The second-order valence-electron chi connectivity index (χ2n) is 11.3. The quantitative estimate of drug-likeness (QED) is 0.357. The lowest BCUT2D eigenvalue weighted by atomic mass is 9.96. The summed E-state index contributed by atoms with van der Waals surface area (Å²) in [6.07, 6.45) is 8.45. The summed E-state index contributed by atoms with van der Waals surface area (Å²) in [7, 11) is 1.92. The number of hydrogen-bond acceptors (Lipinski definition) is 5. The van der Waals surface area contributed by atoms with Crippen LogP contribution in [0.3, 0.4) is 0 Å². The zero-order valence-corrected chi connectivity index (χ0v) is 24.0. The standard InChI is InChI=1S/C32H39N7O/c1-5-39-12-10-31(35-39)26-16-24(15-25(17-26)27-19-33-36(4)20-27)23(3)34-32(40)30-18-28(9-8-22(30)2)38-14-13-37-11-6-7-29(37)21-38/h8-10,12,15-20,23,29H,5-7,11,13-14,21H2,1-4H3,(H,34,40)/t23-,29-/m1/s1. The Balaban J connectivity index is 1.26. The molecule has 0 saturated carbocycles. The number of anilines is 1. The molecule has 4 aromatic rings. The number of nitrogens with zero attached hydrogens (tertiary/aromatic N) is 6. The minimum absolute atomic E-state index is 0.0463. The molecule has 0 bridgehead atoms. The molecular formula is C32H39N7O. The first-order valence-electron chi connectivity index (χ1n) is 14.5. The van der Waals surface area contributed by atoms with Crippen LogP contribution in [-0.4, -0.2) is 62.6 Å². The Morgan fingerprint density at radius 3 is 2.70 bits per heavy atom. The number of benzene rings is 2. The van der Waals surface area contributed by atoms with Crippen LogP contribution in [0.1, 0.15) is 54.2 Å². The van der Waals surface area contributed by atoms with Gasteiger partial charge in [-0.05, 0) is 93.2 Å². The fourth-order valence-electron chi connectivity index (χ4n) is 6.11. The minimum Gasteiger partial charge on any atom is -0.369 e. The Bertz CT molecular complexity index is 1520. The van der Waals surface area contributed by atoms with E-state index in [1.54, 1.807) is 4.68 Å². The summed E-state index contributed by atoms with van der Waals surface area (Å²) in [6, 6.07) is 15.2. The Hall–Kier alpha value is -3.91. The zero-order chi connectivity index (χ0) is 27.8. The van der Waals surface area contributed by atoms with Gasteiger partial charge in [-0.1, -0.05) is 6.07 Å². The maximum atomic E-state index is 13.7. The molecule has 208 valence electrons. The summed E-state index contributed by atoms with van der Waals surface area (Å²) in [4.78, 5) is 18.7. The molecule has 2 aliphatic rings. The largest absolute Gasteiger partial charge is 0.369 e. The van der Waals surface area contributed by atoms with E-state index in [0.29, 0.717) is 6.04 Å². The van der Waals surface area contributed by atoms with Crippen LogP contribution in [0.25, 0.3) is 22.4 Å². The highest BCUT2D eigenvalue weighted by Crippen LogP contribution is 2.31. The van der Waals surface area contributed by atoms with Gasteiger partial charge in [0.15, 0.2) is 0 Å². The first-order valence-corrected chi connectivity index (χ1v) is 14.5. The Morgan fingerprint density at radius 1 is 1.07 bits per heavy atom. The van der Waals surface area contributed by atoms with Gasteiger partial charge < -0.3 is 10.2 Å². The first-order chi connectivity index (χ1) is 19.4. The minimum atomic E-state index is -0.193. The van der Waals surface area contributed by atoms with Gasteiger partial charge in [0.25, 0.3) is 5.91 Å². The van der Waals surface area contributed by atoms with Crippen molar-refractivity contribution in [3.63, 3.8) is 0 Å². The van der Waals surface area contributed by atoms with Gasteiger partial charge in [-0.25, -0.2) is 0 Å². The highest BCUT2D eigenvalue weighted by atomic mass is 16.1. The lowest BCUT2D eigenvalue weighted by Gasteiger charge is -2.39. The summed E-state index contributed by atoms with van der Waals surface area (Å²) < 4.78 is 3.74. The van der Waals surface area contributed by atoms with Gasteiger partial charge in [0.05, 0.1) is 17.9 Å². The Labute approximate surface area is 236 Å². The van der Waals surface area contributed by atoms with E-state index in [4.69, 9.17) is 5.10 Å². The van der Waals surface area contributed by atoms with E-state index in [1.165, 1.54) is 19.4 Å². The van der Waals surface area contributed by atoms with Crippen molar-refractivity contribution in [3.8, 4) is 22.4 Å². The maximum absolute atomic E-state index is 13.7. The SMILES string of the molecule is CCn1ccc(-c2cc(-c3cnn(C)c3)cc([C@@H](C)NC(=O)c3cc(N4CCN5CCC[C@@H]5C4)ccc3C)c2)n1. The van der Waals surface area contributed by atoms with Crippen molar-refractivity contribution in [2.24, 2.45) is 7.05 Å². The number of carbonyl (C=O) groups is 1. The highest BCUT2D eigenvalue weighted by molar-refractivity contribution is 5.97. The second-order valence-corrected chi connectivity index (χ2v) is 11.3. The van der Waals surface area contributed by atoms with Gasteiger partial charge in [-0.3, -0.25) is 19.1 Å². The number of rotatable bonds is 7. The van der Waals surface area contributed by atoms with Gasteiger partial charge in [0.2, 0.25) is 0 Å². The van der Waals surface area contributed by atoms with Crippen molar-refractivity contribution in [1.29, 1.82) is 0 Å². The molecule has 8 heteroatoms. The molecule has 0 radical (unpaired) electrons. The van der Waals surface area contributed by atoms with Crippen LogP contribution in [0, 0.1) is 6.92 Å². The molecule has 0 aliphatic carbocycles. The molecular weight excluding hydrogens is 498 g/mol. The molecule has 2 aromatic carbocycles. The number of piperazine rings is 1. The lowest BCUT2D eigenvalue weighted by Crippen LogP contribution is -2.50. The van der Waals surface area contributed by atoms with Crippen LogP contribution in [-0.2, 0) is 13.6 Å². The fourth-order valence-corrected chi connectivity index (χ4v) is 6.11. The Kier molecular flexibility index (Phi) is 7.19. The maximum Gasteiger partial charge on any atom is 0.252 e. The van der Waals surface area contributed by atoms with Crippen molar-refractivity contribution in [3.05, 3.63) is 77.7 Å². The van der Waals surface area contributed by atoms with Gasteiger partial charge in [-0.2, -0.15) is 10.2 Å². The number of aromatic nitrogens is 4. The van der Waals surface area contributed by atoms with Crippen molar-refractivity contribution in [1.82, 2.24) is 29.8 Å². The van der Waals surface area contributed by atoms with E-state index in [9.17, 15) is 4.79 Å². The number of fused-ring (bicyclic) bond motifs is 1. The Morgan fingerprint density at radius 2 is 1.93 bits per heavy atom. The van der Waals surface area contributed by atoms with E-state index in [-0.39, 0.29) is 11.9 Å². The molecule has 6 rings (SSSR count). The number of hydrogen-bond donors (Lipinski definition) is 1. The van der Waals surface area contributed by atoms with E-state index < -0.39 is 0 Å². The van der Waals surface area contributed by atoms with Crippen LogP contribution in [0.4, 0.5) is 5.69 Å². The average molecular weight is 538 g/mol. The second kappa shape index (κ2) is 10.9.